The molecule has 5 nitrogen and oxygen atoms in total. The van der Waals surface area contributed by atoms with Crippen LogP contribution in [0.5, 0.6) is 5.75 Å². The molecule has 0 spiro atoms. The Balaban J connectivity index is 0.00000320. The summed E-state index contributed by atoms with van der Waals surface area (Å²) in [4.78, 5) is 6.46. The van der Waals surface area contributed by atoms with E-state index in [2.05, 4.69) is 49.5 Å². The van der Waals surface area contributed by atoms with Crippen LogP contribution in [0.25, 0.3) is 0 Å². The molecule has 0 atom stereocenters. The molecule has 30 heavy (non-hydrogen) atoms. The average Bonchev–Trinajstić information content (AvgIpc) is 3.25. The quantitative estimate of drug-likeness (QED) is 0.226. The smallest absolute Gasteiger partial charge is 0.387 e. The van der Waals surface area contributed by atoms with Crippen molar-refractivity contribution in [2.24, 2.45) is 4.99 Å². The molecule has 0 amide bonds. The van der Waals surface area contributed by atoms with E-state index in [1.54, 1.807) is 13.1 Å². The first kappa shape index (κ1) is 24.2. The summed E-state index contributed by atoms with van der Waals surface area (Å²) < 4.78 is 29.8. The lowest BCUT2D eigenvalue weighted by atomic mass is 10.2. The number of alkyl halides is 2. The van der Waals surface area contributed by atoms with E-state index in [1.165, 1.54) is 17.8 Å². The summed E-state index contributed by atoms with van der Waals surface area (Å²) in [7, 11) is 1.65. The molecule has 3 rings (SSSR count). The molecule has 162 valence electrons. The van der Waals surface area contributed by atoms with Gasteiger partial charge in [-0.3, -0.25) is 4.99 Å². The monoisotopic (exact) mass is 548 g/mol. The van der Waals surface area contributed by atoms with Gasteiger partial charge in [0.05, 0.1) is 0 Å². The second-order valence-corrected chi connectivity index (χ2v) is 6.89. The van der Waals surface area contributed by atoms with Gasteiger partial charge in [0.2, 0.25) is 0 Å². The molecule has 0 bridgehead atoms. The third-order valence-corrected chi connectivity index (χ3v) is 4.70. The van der Waals surface area contributed by atoms with Gasteiger partial charge in [-0.05, 0) is 35.9 Å². The Labute approximate surface area is 197 Å². The van der Waals surface area contributed by atoms with Crippen LogP contribution in [0.1, 0.15) is 11.1 Å². The number of nitrogens with zero attached hydrogens (tertiary/aromatic N) is 2. The highest BCUT2D eigenvalue weighted by atomic mass is 127. The third kappa shape index (κ3) is 7.02. The highest BCUT2D eigenvalue weighted by molar-refractivity contribution is 14.0. The number of anilines is 1. The topological polar surface area (TPSA) is 48.9 Å². The van der Waals surface area contributed by atoms with Gasteiger partial charge in [0.25, 0.3) is 0 Å². The third-order valence-electron chi connectivity index (χ3n) is 4.46. The first-order valence-corrected chi connectivity index (χ1v) is 9.59. The van der Waals surface area contributed by atoms with Gasteiger partial charge < -0.3 is 20.3 Å². The van der Waals surface area contributed by atoms with Crippen molar-refractivity contribution in [3.05, 3.63) is 70.8 Å². The van der Waals surface area contributed by atoms with Crippen molar-refractivity contribution in [2.45, 2.75) is 19.7 Å². The van der Waals surface area contributed by atoms with Gasteiger partial charge in [-0.2, -0.15) is 8.78 Å². The van der Waals surface area contributed by atoms with Crippen molar-refractivity contribution in [3.8, 4) is 5.75 Å². The van der Waals surface area contributed by atoms with E-state index in [9.17, 15) is 8.78 Å². The second kappa shape index (κ2) is 11.9. The van der Waals surface area contributed by atoms with Gasteiger partial charge in [0.1, 0.15) is 5.75 Å². The van der Waals surface area contributed by atoms with Crippen LogP contribution >= 0.6 is 35.6 Å². The number of benzene rings is 2. The standard InChI is InChI=1S/C21H23ClF2N4O.HI/c1-25-21(27-14-16-12-17(22)7-8-19(16)29-20(23)24)26-13-15-5-4-6-18(11-15)28-9-2-3-10-28;/h2-8,11-12,20H,9-10,13-14H2,1H3,(H2,25,26,27);1H. The van der Waals surface area contributed by atoms with Crippen LogP contribution in [0, 0.1) is 0 Å². The van der Waals surface area contributed by atoms with Gasteiger partial charge >= 0.3 is 6.61 Å². The van der Waals surface area contributed by atoms with E-state index in [4.69, 9.17) is 11.6 Å². The van der Waals surface area contributed by atoms with Crippen LogP contribution in [0.2, 0.25) is 5.02 Å². The van der Waals surface area contributed by atoms with Crippen LogP contribution in [0.3, 0.4) is 0 Å². The van der Waals surface area contributed by atoms with Gasteiger partial charge in [0.15, 0.2) is 5.96 Å². The fraction of sp³-hybridized carbons (Fsp3) is 0.286. The minimum Gasteiger partial charge on any atom is -0.434 e. The van der Waals surface area contributed by atoms with Gasteiger partial charge in [0, 0.05) is 49.5 Å². The summed E-state index contributed by atoms with van der Waals surface area (Å²) in [6.07, 6.45) is 4.30. The van der Waals surface area contributed by atoms with Crippen molar-refractivity contribution in [2.75, 3.05) is 25.0 Å². The first-order chi connectivity index (χ1) is 14.0. The molecule has 2 N–H and O–H groups in total. The summed E-state index contributed by atoms with van der Waals surface area (Å²) in [6.45, 7) is -0.247. The molecular weight excluding hydrogens is 525 g/mol. The number of nitrogens with one attached hydrogen (secondary N) is 2. The Bertz CT molecular complexity index is 887. The van der Waals surface area contributed by atoms with Crippen molar-refractivity contribution in [3.63, 3.8) is 0 Å². The molecule has 0 radical (unpaired) electrons. The zero-order valence-corrected chi connectivity index (χ0v) is 19.5. The largest absolute Gasteiger partial charge is 0.434 e. The lowest BCUT2D eigenvalue weighted by molar-refractivity contribution is -0.0504. The summed E-state index contributed by atoms with van der Waals surface area (Å²) in [6, 6.07) is 12.8. The molecular formula is C21H24ClF2IN4O. The SMILES string of the molecule is CN=C(NCc1cccc(N2CC=CC2)c1)NCc1cc(Cl)ccc1OC(F)F.I. The zero-order valence-electron chi connectivity index (χ0n) is 16.4. The van der Waals surface area contributed by atoms with Crippen molar-refractivity contribution < 1.29 is 13.5 Å². The maximum Gasteiger partial charge on any atom is 0.387 e. The fourth-order valence-corrected chi connectivity index (χ4v) is 3.23. The molecule has 2 aromatic rings. The van der Waals surface area contributed by atoms with Gasteiger partial charge in [-0.25, -0.2) is 0 Å². The lowest BCUT2D eigenvalue weighted by Gasteiger charge is -2.19. The molecule has 0 saturated carbocycles. The summed E-state index contributed by atoms with van der Waals surface area (Å²) in [5.41, 5.74) is 2.80. The number of aliphatic imine (C=N–C) groups is 1. The van der Waals surface area contributed by atoms with Crippen molar-refractivity contribution in [1.82, 2.24) is 10.6 Å². The van der Waals surface area contributed by atoms with E-state index in [0.717, 1.165) is 18.7 Å². The van der Waals surface area contributed by atoms with E-state index in [-0.39, 0.29) is 36.3 Å². The molecule has 0 saturated heterocycles. The highest BCUT2D eigenvalue weighted by Gasteiger charge is 2.11. The Morgan fingerprint density at radius 2 is 1.87 bits per heavy atom. The summed E-state index contributed by atoms with van der Waals surface area (Å²) in [5, 5.41) is 6.78. The first-order valence-electron chi connectivity index (χ1n) is 9.22. The Morgan fingerprint density at radius 1 is 1.13 bits per heavy atom. The molecule has 0 aliphatic carbocycles. The summed E-state index contributed by atoms with van der Waals surface area (Å²) >= 11 is 5.99. The number of halogens is 4. The van der Waals surface area contributed by atoms with Gasteiger partial charge in [-0.15, -0.1) is 24.0 Å². The van der Waals surface area contributed by atoms with Crippen LogP contribution in [0.4, 0.5) is 14.5 Å². The van der Waals surface area contributed by atoms with Crippen LogP contribution < -0.4 is 20.3 Å². The molecule has 2 aromatic carbocycles. The Morgan fingerprint density at radius 3 is 2.57 bits per heavy atom. The van der Waals surface area contributed by atoms with E-state index in [1.807, 2.05) is 12.1 Å². The maximum absolute atomic E-state index is 12.6. The second-order valence-electron chi connectivity index (χ2n) is 6.46. The number of ether oxygens (including phenoxy) is 1. The molecule has 0 unspecified atom stereocenters. The highest BCUT2D eigenvalue weighted by Crippen LogP contribution is 2.24. The molecule has 1 aliphatic rings. The maximum atomic E-state index is 12.6. The number of hydrogen-bond donors (Lipinski definition) is 2. The van der Waals surface area contributed by atoms with E-state index >= 15 is 0 Å². The normalized spacial score (nSPS) is 13.4. The molecule has 9 heteroatoms. The molecule has 1 heterocycles. The molecule has 1 aliphatic heterocycles. The van der Waals surface area contributed by atoms with Crippen LogP contribution in [-0.2, 0) is 13.1 Å². The predicted octanol–water partition coefficient (Wildman–Crippen LogP) is 4.80. The average molecular weight is 549 g/mol. The van der Waals surface area contributed by atoms with Crippen molar-refractivity contribution >= 4 is 47.2 Å². The predicted molar refractivity (Wildman–Crippen MR) is 128 cm³/mol. The number of guanidine groups is 1. The lowest BCUT2D eigenvalue weighted by Crippen LogP contribution is -2.36. The Hall–Kier alpha value is -2.07. The van der Waals surface area contributed by atoms with Crippen LogP contribution in [0.15, 0.2) is 59.6 Å². The zero-order chi connectivity index (χ0) is 20.6. The van der Waals surface area contributed by atoms with Crippen molar-refractivity contribution in [1.29, 1.82) is 0 Å². The number of rotatable bonds is 7. The minimum absolute atomic E-state index is 0. The van der Waals surface area contributed by atoms with Crippen LogP contribution in [-0.4, -0.2) is 32.7 Å². The van der Waals surface area contributed by atoms with Gasteiger partial charge in [-0.1, -0.05) is 35.9 Å². The van der Waals surface area contributed by atoms with E-state index < -0.39 is 6.61 Å². The van der Waals surface area contributed by atoms with E-state index in [0.29, 0.717) is 23.1 Å². The number of hydrogen-bond acceptors (Lipinski definition) is 3. The Kier molecular flexibility index (Phi) is 9.64. The molecule has 0 fully saturated rings. The summed E-state index contributed by atoms with van der Waals surface area (Å²) in [5.74, 6) is 0.625. The minimum atomic E-state index is -2.90. The fourth-order valence-electron chi connectivity index (χ4n) is 3.03. The molecule has 0 aromatic heterocycles.